The molecule has 2 aliphatic rings. The van der Waals surface area contributed by atoms with E-state index in [9.17, 15) is 14.4 Å². The smallest absolute Gasteiger partial charge is 0.321 e. The molecule has 0 amide bonds. The van der Waals surface area contributed by atoms with Crippen molar-refractivity contribution in [2.24, 2.45) is 17.3 Å². The molecule has 0 saturated heterocycles. The van der Waals surface area contributed by atoms with Crippen LogP contribution < -0.4 is 0 Å². The van der Waals surface area contributed by atoms with Crippen molar-refractivity contribution < 1.29 is 19.1 Å². The van der Waals surface area contributed by atoms with Crippen LogP contribution in [-0.2, 0) is 9.53 Å². The number of esters is 1. The summed E-state index contributed by atoms with van der Waals surface area (Å²) in [6.45, 7) is 1.79. The van der Waals surface area contributed by atoms with Gasteiger partial charge in [-0.3, -0.25) is 14.4 Å². The number of carbonyl (C=O) groups is 3. The molecule has 3 atom stereocenters. The largest absolute Gasteiger partial charge is 0.468 e. The van der Waals surface area contributed by atoms with Crippen LogP contribution in [0.25, 0.3) is 0 Å². The molecule has 0 fully saturated rings. The lowest BCUT2D eigenvalue weighted by Gasteiger charge is -2.44. The normalized spacial score (nSPS) is 30.6. The SMILES string of the molecule is COC(=O)[C@]12C(=O)c3ccccc3C(=O)[C@H]1CC=C[C@H]2C. The summed E-state index contributed by atoms with van der Waals surface area (Å²) in [7, 11) is 1.26. The van der Waals surface area contributed by atoms with Gasteiger partial charge in [-0.05, 0) is 12.3 Å². The van der Waals surface area contributed by atoms with Gasteiger partial charge in [-0.1, -0.05) is 43.3 Å². The third-order valence-electron chi connectivity index (χ3n) is 4.72. The van der Waals surface area contributed by atoms with Gasteiger partial charge < -0.3 is 4.74 Å². The van der Waals surface area contributed by atoms with E-state index >= 15 is 0 Å². The number of Topliss-reactive ketones (excluding diaryl/α,β-unsaturated/α-hetero) is 2. The fraction of sp³-hybridized carbons (Fsp3) is 0.353. The molecular formula is C17H16O4. The van der Waals surface area contributed by atoms with Crippen LogP contribution in [0, 0.1) is 17.3 Å². The summed E-state index contributed by atoms with van der Waals surface area (Å²) in [5, 5.41) is 0. The molecule has 0 saturated carbocycles. The zero-order chi connectivity index (χ0) is 15.2. The number of benzene rings is 1. The first-order valence-corrected chi connectivity index (χ1v) is 6.98. The predicted octanol–water partition coefficient (Wildman–Crippen LogP) is 2.44. The Morgan fingerprint density at radius 2 is 1.90 bits per heavy atom. The van der Waals surface area contributed by atoms with Crippen LogP contribution in [0.1, 0.15) is 34.1 Å². The van der Waals surface area contributed by atoms with E-state index in [1.165, 1.54) is 7.11 Å². The minimum absolute atomic E-state index is 0.146. The molecule has 2 aliphatic carbocycles. The number of ketones is 2. The highest BCUT2D eigenvalue weighted by atomic mass is 16.5. The van der Waals surface area contributed by atoms with E-state index in [0.29, 0.717) is 17.5 Å². The van der Waals surface area contributed by atoms with Gasteiger partial charge in [0.05, 0.1) is 7.11 Å². The van der Waals surface area contributed by atoms with Gasteiger partial charge in [-0.2, -0.15) is 0 Å². The molecule has 4 nitrogen and oxygen atoms in total. The fourth-order valence-corrected chi connectivity index (χ4v) is 3.65. The Morgan fingerprint density at radius 3 is 2.57 bits per heavy atom. The number of hydrogen-bond donors (Lipinski definition) is 0. The number of methoxy groups -OCH3 is 1. The Balaban J connectivity index is 2.30. The molecule has 0 N–H and O–H groups in total. The van der Waals surface area contributed by atoms with Gasteiger partial charge in [-0.15, -0.1) is 0 Å². The van der Waals surface area contributed by atoms with Crippen molar-refractivity contribution in [3.8, 4) is 0 Å². The predicted molar refractivity (Wildman–Crippen MR) is 76.0 cm³/mol. The van der Waals surface area contributed by atoms with Crippen LogP contribution in [0.15, 0.2) is 36.4 Å². The number of allylic oxidation sites excluding steroid dienone is 2. The third-order valence-corrected chi connectivity index (χ3v) is 4.72. The van der Waals surface area contributed by atoms with Gasteiger partial charge >= 0.3 is 5.97 Å². The van der Waals surface area contributed by atoms with E-state index in [4.69, 9.17) is 4.74 Å². The summed E-state index contributed by atoms with van der Waals surface area (Å²) in [4.78, 5) is 38.3. The zero-order valence-corrected chi connectivity index (χ0v) is 12.0. The first kappa shape index (κ1) is 13.7. The second-order valence-corrected chi connectivity index (χ2v) is 5.60. The number of rotatable bonds is 1. The van der Waals surface area contributed by atoms with Crippen molar-refractivity contribution >= 4 is 17.5 Å². The van der Waals surface area contributed by atoms with Gasteiger partial charge in [0.25, 0.3) is 0 Å². The number of fused-ring (bicyclic) bond motifs is 2. The second-order valence-electron chi connectivity index (χ2n) is 5.60. The van der Waals surface area contributed by atoms with Crippen molar-refractivity contribution in [3.05, 3.63) is 47.5 Å². The average molecular weight is 284 g/mol. The third kappa shape index (κ3) is 1.59. The summed E-state index contributed by atoms with van der Waals surface area (Å²) < 4.78 is 4.91. The lowest BCUT2D eigenvalue weighted by Crippen LogP contribution is -2.57. The Morgan fingerprint density at radius 1 is 1.24 bits per heavy atom. The fourth-order valence-electron chi connectivity index (χ4n) is 3.65. The monoisotopic (exact) mass is 284 g/mol. The topological polar surface area (TPSA) is 60.4 Å². The van der Waals surface area contributed by atoms with Crippen LogP contribution in [0.5, 0.6) is 0 Å². The molecule has 21 heavy (non-hydrogen) atoms. The van der Waals surface area contributed by atoms with Crippen molar-refractivity contribution in [2.75, 3.05) is 7.11 Å². The van der Waals surface area contributed by atoms with E-state index < -0.39 is 17.3 Å². The maximum Gasteiger partial charge on any atom is 0.321 e. The first-order valence-electron chi connectivity index (χ1n) is 6.98. The van der Waals surface area contributed by atoms with Gasteiger partial charge in [0.1, 0.15) is 5.41 Å². The minimum atomic E-state index is -1.42. The highest BCUT2D eigenvalue weighted by Gasteiger charge is 2.62. The second kappa shape index (κ2) is 4.65. The molecule has 0 radical (unpaired) electrons. The molecule has 0 bridgehead atoms. The van der Waals surface area contributed by atoms with Crippen molar-refractivity contribution in [3.63, 3.8) is 0 Å². The number of ether oxygens (including phenoxy) is 1. The zero-order valence-electron chi connectivity index (χ0n) is 12.0. The summed E-state index contributed by atoms with van der Waals surface area (Å²) in [6.07, 6.45) is 4.08. The summed E-state index contributed by atoms with van der Waals surface area (Å²) in [5.74, 6) is -2.10. The van der Waals surface area contributed by atoms with Crippen molar-refractivity contribution in [1.29, 1.82) is 0 Å². The molecular weight excluding hydrogens is 268 g/mol. The molecule has 0 aromatic heterocycles. The van der Waals surface area contributed by atoms with E-state index in [2.05, 4.69) is 0 Å². The van der Waals surface area contributed by atoms with Gasteiger partial charge in [0.15, 0.2) is 11.6 Å². The molecule has 0 unspecified atom stereocenters. The maximum absolute atomic E-state index is 13.0. The Labute approximate surface area is 122 Å². The number of hydrogen-bond acceptors (Lipinski definition) is 4. The van der Waals surface area contributed by atoms with Crippen LogP contribution in [0.4, 0.5) is 0 Å². The lowest BCUT2D eigenvalue weighted by molar-refractivity contribution is -0.154. The molecule has 0 aliphatic heterocycles. The molecule has 3 rings (SSSR count). The van der Waals surface area contributed by atoms with Crippen LogP contribution in [0.2, 0.25) is 0 Å². The molecule has 4 heteroatoms. The first-order chi connectivity index (χ1) is 10.0. The lowest BCUT2D eigenvalue weighted by atomic mass is 9.54. The van der Waals surface area contributed by atoms with Crippen molar-refractivity contribution in [2.45, 2.75) is 13.3 Å². The van der Waals surface area contributed by atoms with E-state index in [-0.39, 0.29) is 17.5 Å². The van der Waals surface area contributed by atoms with Gasteiger partial charge in [0.2, 0.25) is 0 Å². The molecule has 0 spiro atoms. The molecule has 108 valence electrons. The standard InChI is InChI=1S/C17H16O4/c1-10-6-5-9-13-14(18)11-7-3-4-8-12(11)15(19)17(10,13)16(20)21-2/h3-8,10,13H,9H2,1-2H3/t10-,13-,17+/m1/s1. The van der Waals surface area contributed by atoms with Crippen LogP contribution in [-0.4, -0.2) is 24.6 Å². The van der Waals surface area contributed by atoms with E-state index in [1.807, 2.05) is 12.2 Å². The summed E-state index contributed by atoms with van der Waals surface area (Å²) in [5.41, 5.74) is -0.685. The van der Waals surface area contributed by atoms with E-state index in [1.54, 1.807) is 31.2 Å². The average Bonchev–Trinajstić information content (AvgIpc) is 2.52. The molecule has 1 aromatic rings. The van der Waals surface area contributed by atoms with Gasteiger partial charge in [0, 0.05) is 17.0 Å². The highest BCUT2D eigenvalue weighted by molar-refractivity contribution is 6.24. The summed E-state index contributed by atoms with van der Waals surface area (Å²) in [6, 6.07) is 6.71. The van der Waals surface area contributed by atoms with Crippen LogP contribution >= 0.6 is 0 Å². The Hall–Kier alpha value is -2.23. The Bertz CT molecular complexity index is 673. The quantitative estimate of drug-likeness (QED) is 0.451. The minimum Gasteiger partial charge on any atom is -0.468 e. The van der Waals surface area contributed by atoms with Crippen molar-refractivity contribution in [1.82, 2.24) is 0 Å². The van der Waals surface area contributed by atoms with E-state index in [0.717, 1.165) is 0 Å². The number of carbonyl (C=O) groups excluding carboxylic acids is 3. The molecule has 0 heterocycles. The van der Waals surface area contributed by atoms with Crippen LogP contribution in [0.3, 0.4) is 0 Å². The highest BCUT2D eigenvalue weighted by Crippen LogP contribution is 2.50. The molecule has 1 aromatic carbocycles. The Kier molecular flexibility index (Phi) is 3.04. The maximum atomic E-state index is 13.0. The van der Waals surface area contributed by atoms with Gasteiger partial charge in [-0.25, -0.2) is 0 Å². The summed E-state index contributed by atoms with van der Waals surface area (Å²) >= 11 is 0.